The molecule has 1 aliphatic rings. The number of hydrogen-bond acceptors (Lipinski definition) is 10. The Morgan fingerprint density at radius 3 is 2.30 bits per heavy atom. The quantitative estimate of drug-likeness (QED) is 0.555. The van der Waals surface area contributed by atoms with Crippen LogP contribution in [0.1, 0.15) is 26.5 Å². The average Bonchev–Trinajstić information content (AvgIpc) is 3.22. The van der Waals surface area contributed by atoms with Crippen LogP contribution < -0.4 is 5.32 Å². The molecule has 0 unspecified atom stereocenters. The van der Waals surface area contributed by atoms with Gasteiger partial charge in [-0.15, -0.1) is 0 Å². The molecule has 0 spiro atoms. The third-order valence-corrected chi connectivity index (χ3v) is 6.96. The fourth-order valence-electron chi connectivity index (χ4n) is 3.34. The first-order chi connectivity index (χ1) is 15.6. The lowest BCUT2D eigenvalue weighted by Crippen LogP contribution is -2.50. The average molecular weight is 480 g/mol. The van der Waals surface area contributed by atoms with Crippen molar-refractivity contribution in [2.45, 2.75) is 11.8 Å². The third-order valence-electron chi connectivity index (χ3n) is 5.02. The van der Waals surface area contributed by atoms with Crippen molar-refractivity contribution < 1.29 is 36.8 Å². The molecule has 1 fully saturated rings. The van der Waals surface area contributed by atoms with Gasteiger partial charge in [-0.2, -0.15) is 4.31 Å². The van der Waals surface area contributed by atoms with E-state index in [4.69, 9.17) is 9.26 Å². The smallest absolute Gasteiger partial charge is 0.339 e. The summed E-state index contributed by atoms with van der Waals surface area (Å²) in [6.45, 7) is 2.49. The number of anilines is 1. The first kappa shape index (κ1) is 24.4. The van der Waals surface area contributed by atoms with Crippen LogP contribution in [0.15, 0.2) is 33.7 Å². The molecule has 1 aliphatic heterocycles. The Hall–Kier alpha value is -3.29. The van der Waals surface area contributed by atoms with E-state index in [1.165, 1.54) is 23.5 Å². The SMILES string of the molecule is COC(=O)c1ccc(C(=O)OC)c(S(=O)(=O)N2CCN(CC(=O)Nc3cc(C)on3)CC2)c1. The topological polar surface area (TPSA) is 148 Å². The maximum atomic E-state index is 13.3. The number of rotatable bonds is 7. The van der Waals surface area contributed by atoms with Crippen LogP contribution in [0.2, 0.25) is 0 Å². The van der Waals surface area contributed by atoms with Gasteiger partial charge >= 0.3 is 11.9 Å². The minimum absolute atomic E-state index is 0.0119. The summed E-state index contributed by atoms with van der Waals surface area (Å²) in [6.07, 6.45) is 0. The molecular formula is C20H24N4O8S. The van der Waals surface area contributed by atoms with Gasteiger partial charge in [0.2, 0.25) is 15.9 Å². The number of nitrogens with zero attached hydrogens (tertiary/aromatic N) is 3. The van der Waals surface area contributed by atoms with Gasteiger partial charge in [0.05, 0.1) is 36.8 Å². The van der Waals surface area contributed by atoms with E-state index in [1.54, 1.807) is 17.9 Å². The summed E-state index contributed by atoms with van der Waals surface area (Å²) in [7, 11) is -1.83. The molecule has 178 valence electrons. The van der Waals surface area contributed by atoms with Gasteiger partial charge in [-0.05, 0) is 25.1 Å². The predicted octanol–water partition coefficient (Wildman–Crippen LogP) is 0.501. The number of carbonyl (C=O) groups is 3. The van der Waals surface area contributed by atoms with E-state index in [-0.39, 0.29) is 54.7 Å². The van der Waals surface area contributed by atoms with Crippen molar-refractivity contribution in [2.75, 3.05) is 52.3 Å². The molecule has 33 heavy (non-hydrogen) atoms. The minimum Gasteiger partial charge on any atom is -0.465 e. The Bertz CT molecular complexity index is 1150. The number of aryl methyl sites for hydroxylation is 1. The normalized spacial score (nSPS) is 15.1. The lowest BCUT2D eigenvalue weighted by Gasteiger charge is -2.33. The van der Waals surface area contributed by atoms with Gasteiger partial charge in [-0.1, -0.05) is 5.16 Å². The first-order valence-electron chi connectivity index (χ1n) is 9.92. The molecule has 1 aromatic carbocycles. The highest BCUT2D eigenvalue weighted by atomic mass is 32.2. The molecule has 0 bridgehead atoms. The summed E-state index contributed by atoms with van der Waals surface area (Å²) in [5.74, 6) is -1.02. The molecule has 13 heteroatoms. The maximum Gasteiger partial charge on any atom is 0.339 e. The van der Waals surface area contributed by atoms with Gasteiger partial charge in [-0.25, -0.2) is 18.0 Å². The van der Waals surface area contributed by atoms with Crippen molar-refractivity contribution >= 4 is 33.7 Å². The number of piperazine rings is 1. The van der Waals surface area contributed by atoms with E-state index < -0.39 is 22.0 Å². The molecule has 1 aromatic heterocycles. The first-order valence-corrected chi connectivity index (χ1v) is 11.4. The van der Waals surface area contributed by atoms with E-state index in [0.29, 0.717) is 11.6 Å². The van der Waals surface area contributed by atoms with Crippen LogP contribution in [0.25, 0.3) is 0 Å². The van der Waals surface area contributed by atoms with Gasteiger partial charge in [0.25, 0.3) is 0 Å². The molecule has 0 atom stereocenters. The van der Waals surface area contributed by atoms with Gasteiger partial charge in [0.15, 0.2) is 5.82 Å². The lowest BCUT2D eigenvalue weighted by molar-refractivity contribution is -0.117. The minimum atomic E-state index is -4.13. The number of carbonyl (C=O) groups excluding carboxylic acids is 3. The number of nitrogens with one attached hydrogen (secondary N) is 1. The number of benzene rings is 1. The number of esters is 2. The van der Waals surface area contributed by atoms with Crippen molar-refractivity contribution in [1.82, 2.24) is 14.4 Å². The molecule has 0 radical (unpaired) electrons. The largest absolute Gasteiger partial charge is 0.465 e. The number of aromatic nitrogens is 1. The van der Waals surface area contributed by atoms with Crippen molar-refractivity contribution in [3.05, 3.63) is 41.2 Å². The van der Waals surface area contributed by atoms with Gasteiger partial charge in [-0.3, -0.25) is 9.69 Å². The van der Waals surface area contributed by atoms with Crippen LogP contribution in [-0.4, -0.2) is 87.6 Å². The second-order valence-corrected chi connectivity index (χ2v) is 9.15. The number of hydrogen-bond donors (Lipinski definition) is 1. The van der Waals surface area contributed by atoms with Gasteiger partial charge in [0.1, 0.15) is 5.76 Å². The van der Waals surface area contributed by atoms with E-state index in [2.05, 4.69) is 15.2 Å². The Morgan fingerprint density at radius 2 is 1.73 bits per heavy atom. The Labute approximate surface area is 190 Å². The highest BCUT2D eigenvalue weighted by molar-refractivity contribution is 7.89. The summed E-state index contributed by atoms with van der Waals surface area (Å²) in [6, 6.07) is 5.21. The molecule has 1 amide bonds. The fraction of sp³-hybridized carbons (Fsp3) is 0.400. The zero-order valence-electron chi connectivity index (χ0n) is 18.4. The second kappa shape index (κ2) is 10.1. The van der Waals surface area contributed by atoms with Crippen LogP contribution in [0, 0.1) is 6.92 Å². The Balaban J connectivity index is 1.72. The molecule has 0 aliphatic carbocycles. The molecule has 12 nitrogen and oxygen atoms in total. The summed E-state index contributed by atoms with van der Waals surface area (Å²) in [4.78, 5) is 37.7. The molecule has 1 saturated heterocycles. The van der Waals surface area contributed by atoms with Crippen LogP contribution >= 0.6 is 0 Å². The van der Waals surface area contributed by atoms with E-state index in [1.807, 2.05) is 0 Å². The summed E-state index contributed by atoms with van der Waals surface area (Å²) < 4.78 is 42.1. The third kappa shape index (κ3) is 5.56. The predicted molar refractivity (Wildman–Crippen MR) is 114 cm³/mol. The van der Waals surface area contributed by atoms with Crippen molar-refractivity contribution in [3.8, 4) is 0 Å². The number of sulfonamides is 1. The molecule has 2 aromatic rings. The summed E-state index contributed by atoms with van der Waals surface area (Å²) in [5.41, 5.74) is -0.197. The highest BCUT2D eigenvalue weighted by Gasteiger charge is 2.33. The molecule has 0 saturated carbocycles. The van der Waals surface area contributed by atoms with Crippen LogP contribution in [0.4, 0.5) is 5.82 Å². The van der Waals surface area contributed by atoms with E-state index >= 15 is 0 Å². The number of methoxy groups -OCH3 is 2. The number of ether oxygens (including phenoxy) is 2. The molecule has 2 heterocycles. The van der Waals surface area contributed by atoms with Crippen molar-refractivity contribution in [3.63, 3.8) is 0 Å². The van der Waals surface area contributed by atoms with Crippen molar-refractivity contribution in [2.24, 2.45) is 0 Å². The second-order valence-electron chi connectivity index (χ2n) is 7.25. The van der Waals surface area contributed by atoms with Gasteiger partial charge in [0, 0.05) is 32.2 Å². The van der Waals surface area contributed by atoms with E-state index in [0.717, 1.165) is 13.2 Å². The maximum absolute atomic E-state index is 13.3. The summed E-state index contributed by atoms with van der Waals surface area (Å²) >= 11 is 0. The zero-order chi connectivity index (χ0) is 24.2. The van der Waals surface area contributed by atoms with Crippen LogP contribution in [-0.2, 0) is 24.3 Å². The fourth-order valence-corrected chi connectivity index (χ4v) is 4.96. The lowest BCUT2D eigenvalue weighted by atomic mass is 10.1. The van der Waals surface area contributed by atoms with Crippen LogP contribution in [0.5, 0.6) is 0 Å². The Morgan fingerprint density at radius 1 is 1.06 bits per heavy atom. The van der Waals surface area contributed by atoms with Crippen LogP contribution in [0.3, 0.4) is 0 Å². The highest BCUT2D eigenvalue weighted by Crippen LogP contribution is 2.24. The molecular weight excluding hydrogens is 456 g/mol. The standard InChI is InChI=1S/C20H24N4O8S/c1-13-10-17(22-32-13)21-18(25)12-23-6-8-24(9-7-23)33(28,29)16-11-14(19(26)30-2)4-5-15(16)20(27)31-3/h4-5,10-11H,6-9,12H2,1-3H3,(H,21,22,25). The Kier molecular flexibility index (Phi) is 7.46. The monoisotopic (exact) mass is 480 g/mol. The van der Waals surface area contributed by atoms with Gasteiger partial charge < -0.3 is 19.3 Å². The zero-order valence-corrected chi connectivity index (χ0v) is 19.2. The molecule has 3 rings (SSSR count). The molecule has 1 N–H and O–H groups in total. The van der Waals surface area contributed by atoms with Crippen molar-refractivity contribution in [1.29, 1.82) is 0 Å². The number of amides is 1. The summed E-state index contributed by atoms with van der Waals surface area (Å²) in [5, 5.41) is 6.31. The van der Waals surface area contributed by atoms with E-state index in [9.17, 15) is 22.8 Å².